The Bertz CT molecular complexity index is 381. The van der Waals surface area contributed by atoms with Crippen LogP contribution in [-0.4, -0.2) is 57.6 Å². The zero-order valence-corrected chi connectivity index (χ0v) is 10.6. The molecule has 0 aliphatic carbocycles. The molecule has 5 heteroatoms. The molecule has 0 aromatic heterocycles. The molecule has 4 N–H and O–H groups in total. The van der Waals surface area contributed by atoms with Gasteiger partial charge in [-0.3, -0.25) is 0 Å². The van der Waals surface area contributed by atoms with Gasteiger partial charge < -0.3 is 25.2 Å². The normalized spacial score (nSPS) is 35.3. The number of aliphatic hydroxyl groups is 4. The number of benzene rings is 1. The molecule has 1 fully saturated rings. The van der Waals surface area contributed by atoms with Crippen LogP contribution in [0.5, 0.6) is 0 Å². The van der Waals surface area contributed by atoms with Crippen LogP contribution >= 0.6 is 0 Å². The average molecular weight is 268 g/mol. The van der Waals surface area contributed by atoms with Gasteiger partial charge in [0.15, 0.2) is 0 Å². The van der Waals surface area contributed by atoms with Crippen molar-refractivity contribution in [2.24, 2.45) is 0 Å². The van der Waals surface area contributed by atoms with Crippen LogP contribution in [0.1, 0.15) is 12.0 Å². The summed E-state index contributed by atoms with van der Waals surface area (Å²) in [6, 6.07) is 9.75. The van der Waals surface area contributed by atoms with Gasteiger partial charge >= 0.3 is 0 Å². The zero-order valence-electron chi connectivity index (χ0n) is 10.6. The van der Waals surface area contributed by atoms with Crippen LogP contribution in [0.15, 0.2) is 30.3 Å². The first-order valence-electron chi connectivity index (χ1n) is 6.48. The summed E-state index contributed by atoms with van der Waals surface area (Å²) in [5.41, 5.74) is 1.11. The molecule has 1 saturated heterocycles. The highest BCUT2D eigenvalue weighted by Crippen LogP contribution is 2.24. The van der Waals surface area contributed by atoms with Crippen molar-refractivity contribution in [2.45, 2.75) is 43.4 Å². The van der Waals surface area contributed by atoms with Gasteiger partial charge in [0.05, 0.1) is 12.7 Å². The average Bonchev–Trinajstić information content (AvgIpc) is 2.45. The van der Waals surface area contributed by atoms with E-state index in [0.29, 0.717) is 12.8 Å². The molecule has 1 aliphatic rings. The second kappa shape index (κ2) is 6.45. The van der Waals surface area contributed by atoms with Gasteiger partial charge in [-0.15, -0.1) is 0 Å². The van der Waals surface area contributed by atoms with Gasteiger partial charge in [0.2, 0.25) is 0 Å². The van der Waals surface area contributed by atoms with Crippen molar-refractivity contribution in [2.75, 3.05) is 6.61 Å². The molecule has 2 rings (SSSR count). The minimum Gasteiger partial charge on any atom is -0.394 e. The molecule has 5 atom stereocenters. The third-order valence-electron chi connectivity index (χ3n) is 3.55. The fourth-order valence-corrected chi connectivity index (χ4v) is 2.37. The molecule has 0 bridgehead atoms. The van der Waals surface area contributed by atoms with Crippen LogP contribution in [0.4, 0.5) is 0 Å². The molecule has 1 aromatic carbocycles. The van der Waals surface area contributed by atoms with Crippen molar-refractivity contribution in [3.8, 4) is 0 Å². The van der Waals surface area contributed by atoms with E-state index >= 15 is 0 Å². The highest BCUT2D eigenvalue weighted by Gasteiger charge is 2.42. The van der Waals surface area contributed by atoms with E-state index in [1.165, 1.54) is 0 Å². The summed E-state index contributed by atoms with van der Waals surface area (Å²) < 4.78 is 5.44. The molecule has 1 aromatic rings. The van der Waals surface area contributed by atoms with E-state index in [2.05, 4.69) is 0 Å². The SMILES string of the molecule is OC[C@H]1O[C@@H](CCc2ccccc2)[C@H](O)[C@@H](O)[C@@H]1O. The van der Waals surface area contributed by atoms with E-state index in [-0.39, 0.29) is 6.61 Å². The Labute approximate surface area is 112 Å². The summed E-state index contributed by atoms with van der Waals surface area (Å²) in [5, 5.41) is 38.3. The summed E-state index contributed by atoms with van der Waals surface area (Å²) in [6.07, 6.45) is -3.90. The lowest BCUT2D eigenvalue weighted by atomic mass is 9.92. The molecule has 5 nitrogen and oxygen atoms in total. The van der Waals surface area contributed by atoms with Crippen molar-refractivity contribution in [3.05, 3.63) is 35.9 Å². The van der Waals surface area contributed by atoms with Crippen LogP contribution in [0.3, 0.4) is 0 Å². The van der Waals surface area contributed by atoms with Crippen LogP contribution in [0.2, 0.25) is 0 Å². The number of ether oxygens (including phenoxy) is 1. The van der Waals surface area contributed by atoms with Crippen molar-refractivity contribution < 1.29 is 25.2 Å². The first-order chi connectivity index (χ1) is 9.13. The summed E-state index contributed by atoms with van der Waals surface area (Å²) in [4.78, 5) is 0. The van der Waals surface area contributed by atoms with Crippen molar-refractivity contribution >= 4 is 0 Å². The van der Waals surface area contributed by atoms with Gasteiger partial charge in [-0.25, -0.2) is 0 Å². The van der Waals surface area contributed by atoms with Crippen LogP contribution in [0, 0.1) is 0 Å². The van der Waals surface area contributed by atoms with Crippen LogP contribution < -0.4 is 0 Å². The Morgan fingerprint density at radius 1 is 0.895 bits per heavy atom. The number of hydrogen-bond donors (Lipinski definition) is 4. The number of rotatable bonds is 4. The van der Waals surface area contributed by atoms with Crippen molar-refractivity contribution in [1.82, 2.24) is 0 Å². The summed E-state index contributed by atoms with van der Waals surface area (Å²) >= 11 is 0. The largest absolute Gasteiger partial charge is 0.394 e. The van der Waals surface area contributed by atoms with Crippen molar-refractivity contribution in [3.63, 3.8) is 0 Å². The molecular weight excluding hydrogens is 248 g/mol. The van der Waals surface area contributed by atoms with E-state index in [0.717, 1.165) is 5.56 Å². The van der Waals surface area contributed by atoms with E-state index < -0.39 is 30.5 Å². The number of aliphatic hydroxyl groups excluding tert-OH is 4. The third kappa shape index (κ3) is 3.32. The Kier molecular flexibility index (Phi) is 4.90. The molecular formula is C14H20O5. The summed E-state index contributed by atoms with van der Waals surface area (Å²) in [6.45, 7) is -0.382. The Balaban J connectivity index is 1.95. The fourth-order valence-electron chi connectivity index (χ4n) is 2.37. The highest BCUT2D eigenvalue weighted by atomic mass is 16.5. The predicted octanol–water partition coefficient (Wildman–Crippen LogP) is -0.538. The van der Waals surface area contributed by atoms with Gasteiger partial charge in [-0.05, 0) is 18.4 Å². The lowest BCUT2D eigenvalue weighted by Crippen LogP contribution is -2.58. The van der Waals surface area contributed by atoms with Gasteiger partial charge in [-0.1, -0.05) is 30.3 Å². The molecule has 0 spiro atoms. The van der Waals surface area contributed by atoms with E-state index in [1.54, 1.807) is 0 Å². The molecule has 0 unspecified atom stereocenters. The topological polar surface area (TPSA) is 90.2 Å². The maximum atomic E-state index is 9.88. The first kappa shape index (κ1) is 14.4. The smallest absolute Gasteiger partial charge is 0.111 e. The second-order valence-electron chi connectivity index (χ2n) is 4.89. The minimum absolute atomic E-state index is 0.382. The zero-order chi connectivity index (χ0) is 13.8. The first-order valence-corrected chi connectivity index (χ1v) is 6.48. The Morgan fingerprint density at radius 3 is 2.16 bits per heavy atom. The molecule has 0 amide bonds. The summed E-state index contributed by atoms with van der Waals surface area (Å²) in [7, 11) is 0. The van der Waals surface area contributed by atoms with Gasteiger partial charge in [0, 0.05) is 0 Å². The quantitative estimate of drug-likeness (QED) is 0.589. The lowest BCUT2D eigenvalue weighted by molar-refractivity contribution is -0.230. The Morgan fingerprint density at radius 2 is 1.53 bits per heavy atom. The van der Waals surface area contributed by atoms with E-state index in [4.69, 9.17) is 9.84 Å². The maximum absolute atomic E-state index is 9.88. The van der Waals surface area contributed by atoms with Crippen LogP contribution in [-0.2, 0) is 11.2 Å². The van der Waals surface area contributed by atoms with Gasteiger partial charge in [-0.2, -0.15) is 0 Å². The summed E-state index contributed by atoms with van der Waals surface area (Å²) in [5.74, 6) is 0. The molecule has 106 valence electrons. The van der Waals surface area contributed by atoms with Gasteiger partial charge in [0.25, 0.3) is 0 Å². The van der Waals surface area contributed by atoms with E-state index in [1.807, 2.05) is 30.3 Å². The van der Waals surface area contributed by atoms with Gasteiger partial charge in [0.1, 0.15) is 24.4 Å². The second-order valence-corrected chi connectivity index (χ2v) is 4.89. The fraction of sp³-hybridized carbons (Fsp3) is 0.571. The van der Waals surface area contributed by atoms with Crippen LogP contribution in [0.25, 0.3) is 0 Å². The van der Waals surface area contributed by atoms with E-state index in [9.17, 15) is 15.3 Å². The lowest BCUT2D eigenvalue weighted by Gasteiger charge is -2.40. The molecule has 1 aliphatic heterocycles. The highest BCUT2D eigenvalue weighted by molar-refractivity contribution is 5.15. The molecule has 19 heavy (non-hydrogen) atoms. The third-order valence-corrected chi connectivity index (χ3v) is 3.55. The standard InChI is InChI=1S/C14H20O5/c15-8-11-13(17)14(18)12(16)10(19-11)7-6-9-4-2-1-3-5-9/h1-5,10-18H,6-8H2/t10-,11+,12-,13+,14+/m0/s1. The number of hydrogen-bond acceptors (Lipinski definition) is 5. The molecule has 0 saturated carbocycles. The Hall–Kier alpha value is -0.980. The predicted molar refractivity (Wildman–Crippen MR) is 68.5 cm³/mol. The number of aryl methyl sites for hydroxylation is 1. The maximum Gasteiger partial charge on any atom is 0.111 e. The monoisotopic (exact) mass is 268 g/mol. The molecule has 1 heterocycles. The van der Waals surface area contributed by atoms with Crippen molar-refractivity contribution in [1.29, 1.82) is 0 Å². The minimum atomic E-state index is -1.29. The molecule has 0 radical (unpaired) electrons.